The fourth-order valence-electron chi connectivity index (χ4n) is 2.06. The van der Waals surface area contributed by atoms with E-state index in [1.807, 2.05) is 0 Å². The third-order valence-corrected chi connectivity index (χ3v) is 3.02. The van der Waals surface area contributed by atoms with E-state index < -0.39 is 0 Å². The zero-order valence-electron chi connectivity index (χ0n) is 9.89. The van der Waals surface area contributed by atoms with Crippen molar-refractivity contribution in [2.75, 3.05) is 26.3 Å². The van der Waals surface area contributed by atoms with Crippen molar-refractivity contribution >= 4 is 17.2 Å². The van der Waals surface area contributed by atoms with Gasteiger partial charge in [-0.2, -0.15) is 0 Å². The molecule has 0 spiro atoms. The standard InChI is InChI=1S/C13H18N2OS/c14-13(17)9-11-2-1-3-12(8-11)10-15-4-6-16-7-5-15/h1-3,8H,4-7,9-10H2,(H2,14,17). The van der Waals surface area contributed by atoms with Crippen LogP contribution in [0.25, 0.3) is 0 Å². The maximum atomic E-state index is 5.56. The van der Waals surface area contributed by atoms with Gasteiger partial charge in [0.2, 0.25) is 0 Å². The quantitative estimate of drug-likeness (QED) is 0.819. The van der Waals surface area contributed by atoms with E-state index in [0.29, 0.717) is 11.4 Å². The summed E-state index contributed by atoms with van der Waals surface area (Å²) >= 11 is 4.93. The third kappa shape index (κ3) is 4.07. The fraction of sp³-hybridized carbons (Fsp3) is 0.462. The summed E-state index contributed by atoms with van der Waals surface area (Å²) in [6, 6.07) is 8.48. The van der Waals surface area contributed by atoms with E-state index in [1.54, 1.807) is 0 Å². The zero-order chi connectivity index (χ0) is 12.1. The predicted octanol–water partition coefficient (Wildman–Crippen LogP) is 1.35. The summed E-state index contributed by atoms with van der Waals surface area (Å²) in [6.45, 7) is 4.69. The molecule has 1 aliphatic heterocycles. The minimum atomic E-state index is 0.550. The molecular formula is C13H18N2OS. The van der Waals surface area contributed by atoms with Crippen LogP contribution in [0, 0.1) is 0 Å². The lowest BCUT2D eigenvalue weighted by Crippen LogP contribution is -2.35. The number of rotatable bonds is 4. The van der Waals surface area contributed by atoms with E-state index in [2.05, 4.69) is 29.2 Å². The van der Waals surface area contributed by atoms with Gasteiger partial charge in [0, 0.05) is 26.1 Å². The fourth-order valence-corrected chi connectivity index (χ4v) is 2.22. The topological polar surface area (TPSA) is 38.5 Å². The SMILES string of the molecule is NC(=S)Cc1cccc(CN2CCOCC2)c1. The van der Waals surface area contributed by atoms with Gasteiger partial charge in [-0.3, -0.25) is 4.90 Å². The van der Waals surface area contributed by atoms with Gasteiger partial charge in [-0.05, 0) is 11.1 Å². The molecule has 3 nitrogen and oxygen atoms in total. The van der Waals surface area contributed by atoms with Crippen molar-refractivity contribution in [1.82, 2.24) is 4.90 Å². The average Bonchev–Trinajstić information content (AvgIpc) is 2.30. The molecule has 92 valence electrons. The number of nitrogens with two attached hydrogens (primary N) is 1. The molecule has 0 radical (unpaired) electrons. The summed E-state index contributed by atoms with van der Waals surface area (Å²) in [5.41, 5.74) is 8.08. The second-order valence-corrected chi connectivity index (χ2v) is 4.88. The van der Waals surface area contributed by atoms with Gasteiger partial charge in [0.1, 0.15) is 0 Å². The van der Waals surface area contributed by atoms with Crippen molar-refractivity contribution in [1.29, 1.82) is 0 Å². The Labute approximate surface area is 108 Å². The van der Waals surface area contributed by atoms with Gasteiger partial charge >= 0.3 is 0 Å². The Morgan fingerprint density at radius 2 is 2.00 bits per heavy atom. The second kappa shape index (κ2) is 6.10. The Morgan fingerprint density at radius 1 is 1.29 bits per heavy atom. The first kappa shape index (κ1) is 12.5. The van der Waals surface area contributed by atoms with Gasteiger partial charge in [-0.1, -0.05) is 36.5 Å². The zero-order valence-corrected chi connectivity index (χ0v) is 10.7. The highest BCUT2D eigenvalue weighted by molar-refractivity contribution is 7.80. The summed E-state index contributed by atoms with van der Waals surface area (Å²) in [6.07, 6.45) is 0.687. The molecule has 0 unspecified atom stereocenters. The molecule has 0 saturated carbocycles. The molecule has 2 N–H and O–H groups in total. The maximum absolute atomic E-state index is 5.56. The molecular weight excluding hydrogens is 232 g/mol. The van der Waals surface area contributed by atoms with Crippen molar-refractivity contribution in [3.63, 3.8) is 0 Å². The predicted molar refractivity (Wildman–Crippen MR) is 73.0 cm³/mol. The Morgan fingerprint density at radius 3 is 2.71 bits per heavy atom. The lowest BCUT2D eigenvalue weighted by atomic mass is 10.1. The van der Waals surface area contributed by atoms with E-state index >= 15 is 0 Å². The molecule has 4 heteroatoms. The molecule has 1 aromatic rings. The minimum Gasteiger partial charge on any atom is -0.393 e. The van der Waals surface area contributed by atoms with Gasteiger partial charge in [0.05, 0.1) is 18.2 Å². The number of hydrogen-bond acceptors (Lipinski definition) is 3. The van der Waals surface area contributed by atoms with Crippen LogP contribution in [-0.4, -0.2) is 36.2 Å². The van der Waals surface area contributed by atoms with Gasteiger partial charge in [-0.15, -0.1) is 0 Å². The lowest BCUT2D eigenvalue weighted by molar-refractivity contribution is 0.0342. The first-order valence-electron chi connectivity index (χ1n) is 5.90. The summed E-state index contributed by atoms with van der Waals surface area (Å²) in [7, 11) is 0. The van der Waals surface area contributed by atoms with Crippen molar-refractivity contribution < 1.29 is 4.74 Å². The Balaban J connectivity index is 1.97. The molecule has 0 bridgehead atoms. The maximum Gasteiger partial charge on any atom is 0.0771 e. The van der Waals surface area contributed by atoms with Crippen LogP contribution in [0.4, 0.5) is 0 Å². The van der Waals surface area contributed by atoms with Gasteiger partial charge in [-0.25, -0.2) is 0 Å². The molecule has 1 aliphatic rings. The number of thiocarbonyl (C=S) groups is 1. The molecule has 0 atom stereocenters. The van der Waals surface area contributed by atoms with Crippen LogP contribution in [-0.2, 0) is 17.7 Å². The van der Waals surface area contributed by atoms with E-state index in [0.717, 1.165) is 32.8 Å². The van der Waals surface area contributed by atoms with Crippen molar-refractivity contribution in [2.24, 2.45) is 5.73 Å². The summed E-state index contributed by atoms with van der Waals surface area (Å²) < 4.78 is 5.34. The smallest absolute Gasteiger partial charge is 0.0771 e. The first-order valence-corrected chi connectivity index (χ1v) is 6.31. The first-order chi connectivity index (χ1) is 8.24. The second-order valence-electron chi connectivity index (χ2n) is 4.35. The van der Waals surface area contributed by atoms with Crippen LogP contribution in [0.5, 0.6) is 0 Å². The minimum absolute atomic E-state index is 0.550. The Bertz CT molecular complexity index is 389. The monoisotopic (exact) mass is 250 g/mol. The normalized spacial score (nSPS) is 16.9. The number of morpholine rings is 1. The molecule has 0 amide bonds. The highest BCUT2D eigenvalue weighted by Gasteiger charge is 2.10. The van der Waals surface area contributed by atoms with E-state index in [4.69, 9.17) is 22.7 Å². The summed E-state index contributed by atoms with van der Waals surface area (Å²) in [5, 5.41) is 0. The Hall–Kier alpha value is -0.970. The number of ether oxygens (including phenoxy) is 1. The van der Waals surface area contributed by atoms with Crippen LogP contribution >= 0.6 is 12.2 Å². The van der Waals surface area contributed by atoms with E-state index in [9.17, 15) is 0 Å². The van der Waals surface area contributed by atoms with Crippen LogP contribution in [0.15, 0.2) is 24.3 Å². The number of benzene rings is 1. The molecule has 1 heterocycles. The Kier molecular flexibility index (Phi) is 4.48. The van der Waals surface area contributed by atoms with Gasteiger partial charge in [0.15, 0.2) is 0 Å². The summed E-state index contributed by atoms with van der Waals surface area (Å²) in [5.74, 6) is 0. The molecule has 17 heavy (non-hydrogen) atoms. The highest BCUT2D eigenvalue weighted by Crippen LogP contribution is 2.10. The molecule has 0 aliphatic carbocycles. The molecule has 1 aromatic carbocycles. The molecule has 1 saturated heterocycles. The largest absolute Gasteiger partial charge is 0.393 e. The number of hydrogen-bond donors (Lipinski definition) is 1. The van der Waals surface area contributed by atoms with Crippen molar-refractivity contribution in [3.8, 4) is 0 Å². The number of nitrogens with zero attached hydrogens (tertiary/aromatic N) is 1. The summed E-state index contributed by atoms with van der Waals surface area (Å²) in [4.78, 5) is 2.96. The highest BCUT2D eigenvalue weighted by atomic mass is 32.1. The molecule has 1 fully saturated rings. The van der Waals surface area contributed by atoms with Crippen LogP contribution in [0.2, 0.25) is 0 Å². The van der Waals surface area contributed by atoms with Crippen molar-refractivity contribution in [3.05, 3.63) is 35.4 Å². The molecule has 2 rings (SSSR count). The third-order valence-electron chi connectivity index (χ3n) is 2.88. The lowest BCUT2D eigenvalue weighted by Gasteiger charge is -2.26. The van der Waals surface area contributed by atoms with E-state index in [-0.39, 0.29) is 0 Å². The van der Waals surface area contributed by atoms with Crippen molar-refractivity contribution in [2.45, 2.75) is 13.0 Å². The average molecular weight is 250 g/mol. The van der Waals surface area contributed by atoms with Crippen LogP contribution in [0.1, 0.15) is 11.1 Å². The van der Waals surface area contributed by atoms with Crippen LogP contribution in [0.3, 0.4) is 0 Å². The van der Waals surface area contributed by atoms with Gasteiger partial charge in [0.25, 0.3) is 0 Å². The molecule has 0 aromatic heterocycles. The van der Waals surface area contributed by atoms with Gasteiger partial charge < -0.3 is 10.5 Å². The van der Waals surface area contributed by atoms with E-state index in [1.165, 1.54) is 11.1 Å². The van der Waals surface area contributed by atoms with Crippen LogP contribution < -0.4 is 5.73 Å².